The van der Waals surface area contributed by atoms with Crippen molar-refractivity contribution in [3.8, 4) is 0 Å². The SMILES string of the molecule is COC(=O)c1cc(Nc2cccnc2C)ccc1N. The number of nitrogens with zero attached hydrogens (tertiary/aromatic N) is 1. The fourth-order valence-corrected chi connectivity index (χ4v) is 1.69. The number of carbonyl (C=O) groups is 1. The average molecular weight is 257 g/mol. The minimum atomic E-state index is -0.455. The number of carbonyl (C=O) groups excluding carboxylic acids is 1. The summed E-state index contributed by atoms with van der Waals surface area (Å²) < 4.78 is 4.69. The van der Waals surface area contributed by atoms with Gasteiger partial charge in [-0.25, -0.2) is 4.79 Å². The molecule has 0 atom stereocenters. The maximum Gasteiger partial charge on any atom is 0.340 e. The van der Waals surface area contributed by atoms with Crippen molar-refractivity contribution in [1.82, 2.24) is 4.98 Å². The molecule has 1 aromatic heterocycles. The molecule has 0 saturated carbocycles. The smallest absolute Gasteiger partial charge is 0.340 e. The van der Waals surface area contributed by atoms with Crippen LogP contribution in [-0.4, -0.2) is 18.1 Å². The van der Waals surface area contributed by atoms with Gasteiger partial charge in [-0.15, -0.1) is 0 Å². The van der Waals surface area contributed by atoms with Gasteiger partial charge in [-0.3, -0.25) is 4.98 Å². The molecule has 0 aliphatic carbocycles. The summed E-state index contributed by atoms with van der Waals surface area (Å²) in [6.45, 7) is 1.90. The van der Waals surface area contributed by atoms with Gasteiger partial charge in [-0.05, 0) is 37.3 Å². The minimum absolute atomic E-state index is 0.342. The fourth-order valence-electron chi connectivity index (χ4n) is 1.69. The number of esters is 1. The number of anilines is 3. The van der Waals surface area contributed by atoms with Crippen molar-refractivity contribution in [3.05, 3.63) is 47.8 Å². The van der Waals surface area contributed by atoms with Gasteiger partial charge >= 0.3 is 5.97 Å². The van der Waals surface area contributed by atoms with Crippen LogP contribution in [0.15, 0.2) is 36.5 Å². The molecular formula is C14H15N3O2. The van der Waals surface area contributed by atoms with Crippen LogP contribution in [0.3, 0.4) is 0 Å². The lowest BCUT2D eigenvalue weighted by Gasteiger charge is -2.11. The number of benzene rings is 1. The van der Waals surface area contributed by atoms with E-state index in [9.17, 15) is 4.79 Å². The first-order chi connectivity index (χ1) is 9.11. The van der Waals surface area contributed by atoms with E-state index in [0.717, 1.165) is 17.1 Å². The van der Waals surface area contributed by atoms with E-state index >= 15 is 0 Å². The summed E-state index contributed by atoms with van der Waals surface area (Å²) in [7, 11) is 1.33. The number of hydrogen-bond acceptors (Lipinski definition) is 5. The zero-order valence-electron chi connectivity index (χ0n) is 10.8. The summed E-state index contributed by atoms with van der Waals surface area (Å²) in [4.78, 5) is 15.8. The van der Waals surface area contributed by atoms with Crippen LogP contribution in [0.5, 0.6) is 0 Å². The van der Waals surface area contributed by atoms with E-state index in [2.05, 4.69) is 15.0 Å². The van der Waals surface area contributed by atoms with Crippen LogP contribution >= 0.6 is 0 Å². The Hall–Kier alpha value is -2.56. The molecule has 0 saturated heterocycles. The van der Waals surface area contributed by atoms with Gasteiger partial charge in [-0.2, -0.15) is 0 Å². The van der Waals surface area contributed by atoms with Gasteiger partial charge < -0.3 is 15.8 Å². The van der Waals surface area contributed by atoms with E-state index in [0.29, 0.717) is 11.3 Å². The number of nitrogens with one attached hydrogen (secondary N) is 1. The van der Waals surface area contributed by atoms with Gasteiger partial charge in [0.05, 0.1) is 24.1 Å². The summed E-state index contributed by atoms with van der Waals surface area (Å²) in [5.74, 6) is -0.455. The quantitative estimate of drug-likeness (QED) is 0.652. The van der Waals surface area contributed by atoms with Crippen LogP contribution in [0.2, 0.25) is 0 Å². The third-order valence-electron chi connectivity index (χ3n) is 2.74. The molecule has 2 rings (SSSR count). The average Bonchev–Trinajstić information content (AvgIpc) is 2.42. The number of aromatic nitrogens is 1. The van der Waals surface area contributed by atoms with E-state index in [1.807, 2.05) is 19.1 Å². The Morgan fingerprint density at radius 1 is 1.37 bits per heavy atom. The largest absolute Gasteiger partial charge is 0.465 e. The zero-order chi connectivity index (χ0) is 13.8. The number of nitrogens with two attached hydrogens (primary N) is 1. The highest BCUT2D eigenvalue weighted by Crippen LogP contribution is 2.23. The van der Waals surface area contributed by atoms with Gasteiger partial charge in [0.1, 0.15) is 0 Å². The summed E-state index contributed by atoms with van der Waals surface area (Å²) in [6.07, 6.45) is 1.73. The van der Waals surface area contributed by atoms with Crippen LogP contribution in [0.1, 0.15) is 16.1 Å². The molecule has 19 heavy (non-hydrogen) atoms. The van der Waals surface area contributed by atoms with Crippen molar-refractivity contribution in [2.45, 2.75) is 6.92 Å². The Morgan fingerprint density at radius 2 is 2.16 bits per heavy atom. The van der Waals surface area contributed by atoms with Gasteiger partial charge in [0.25, 0.3) is 0 Å². The third-order valence-corrected chi connectivity index (χ3v) is 2.74. The number of ether oxygens (including phenoxy) is 1. The monoisotopic (exact) mass is 257 g/mol. The van der Waals surface area contributed by atoms with Gasteiger partial charge in [0, 0.05) is 17.6 Å². The summed E-state index contributed by atoms with van der Waals surface area (Å²) in [5, 5.41) is 3.19. The molecule has 1 aromatic carbocycles. The van der Waals surface area contributed by atoms with Crippen LogP contribution in [0.4, 0.5) is 17.1 Å². The van der Waals surface area contributed by atoms with Gasteiger partial charge in [0.2, 0.25) is 0 Å². The molecule has 0 unspecified atom stereocenters. The van der Waals surface area contributed by atoms with E-state index in [1.165, 1.54) is 7.11 Å². The number of hydrogen-bond donors (Lipinski definition) is 2. The first-order valence-corrected chi connectivity index (χ1v) is 5.78. The van der Waals surface area contributed by atoms with Crippen molar-refractivity contribution < 1.29 is 9.53 Å². The van der Waals surface area contributed by atoms with Crippen molar-refractivity contribution in [1.29, 1.82) is 0 Å². The van der Waals surface area contributed by atoms with Gasteiger partial charge in [-0.1, -0.05) is 0 Å². The Morgan fingerprint density at radius 3 is 2.84 bits per heavy atom. The van der Waals surface area contributed by atoms with Crippen LogP contribution in [-0.2, 0) is 4.74 Å². The predicted octanol–water partition coefficient (Wildman–Crippen LogP) is 2.50. The number of rotatable bonds is 3. The first kappa shape index (κ1) is 12.9. The number of methoxy groups -OCH3 is 1. The van der Waals surface area contributed by atoms with Crippen molar-refractivity contribution in [2.24, 2.45) is 0 Å². The highest BCUT2D eigenvalue weighted by Gasteiger charge is 2.11. The second kappa shape index (κ2) is 5.39. The van der Waals surface area contributed by atoms with E-state index in [-0.39, 0.29) is 0 Å². The molecule has 0 fully saturated rings. The highest BCUT2D eigenvalue weighted by atomic mass is 16.5. The topological polar surface area (TPSA) is 77.2 Å². The Kier molecular flexibility index (Phi) is 3.66. The molecule has 3 N–H and O–H groups in total. The van der Waals surface area contributed by atoms with Crippen molar-refractivity contribution >= 4 is 23.0 Å². The molecule has 0 spiro atoms. The Labute approximate surface area is 111 Å². The highest BCUT2D eigenvalue weighted by molar-refractivity contribution is 5.96. The summed E-state index contributed by atoms with van der Waals surface area (Å²) in [6, 6.07) is 8.88. The first-order valence-electron chi connectivity index (χ1n) is 5.78. The Balaban J connectivity index is 2.32. The van der Waals surface area contributed by atoms with E-state index in [1.54, 1.807) is 24.4 Å². The molecule has 1 heterocycles. The molecule has 98 valence electrons. The number of nitrogen functional groups attached to an aromatic ring is 1. The van der Waals surface area contributed by atoms with Crippen LogP contribution < -0.4 is 11.1 Å². The molecule has 5 heteroatoms. The Bertz CT molecular complexity index is 611. The van der Waals surface area contributed by atoms with Crippen LogP contribution in [0.25, 0.3) is 0 Å². The lowest BCUT2D eigenvalue weighted by Crippen LogP contribution is -2.06. The summed E-state index contributed by atoms with van der Waals surface area (Å²) in [5.41, 5.74) is 8.99. The predicted molar refractivity (Wildman–Crippen MR) is 74.5 cm³/mol. The second-order valence-corrected chi connectivity index (χ2v) is 4.05. The maximum absolute atomic E-state index is 11.6. The molecule has 0 radical (unpaired) electrons. The molecular weight excluding hydrogens is 242 g/mol. The zero-order valence-corrected chi connectivity index (χ0v) is 10.8. The standard InChI is InChI=1S/C14H15N3O2/c1-9-13(4-3-7-16-9)17-10-5-6-12(15)11(8-10)14(18)19-2/h3-8,17H,15H2,1-2H3. The van der Waals surface area contributed by atoms with Crippen molar-refractivity contribution in [2.75, 3.05) is 18.2 Å². The third kappa shape index (κ3) is 2.82. The molecule has 0 aliphatic heterocycles. The van der Waals surface area contributed by atoms with Gasteiger partial charge in [0.15, 0.2) is 0 Å². The molecule has 5 nitrogen and oxygen atoms in total. The second-order valence-electron chi connectivity index (χ2n) is 4.05. The summed E-state index contributed by atoms with van der Waals surface area (Å²) >= 11 is 0. The number of aryl methyl sites for hydroxylation is 1. The lowest BCUT2D eigenvalue weighted by molar-refractivity contribution is 0.0602. The van der Waals surface area contributed by atoms with Crippen LogP contribution in [0, 0.1) is 6.92 Å². The van der Waals surface area contributed by atoms with Crippen molar-refractivity contribution in [3.63, 3.8) is 0 Å². The normalized spacial score (nSPS) is 10.0. The van der Waals surface area contributed by atoms with E-state index in [4.69, 9.17) is 5.73 Å². The minimum Gasteiger partial charge on any atom is -0.465 e. The molecule has 0 amide bonds. The molecule has 0 bridgehead atoms. The maximum atomic E-state index is 11.6. The van der Waals surface area contributed by atoms with E-state index < -0.39 is 5.97 Å². The fraction of sp³-hybridized carbons (Fsp3) is 0.143. The lowest BCUT2D eigenvalue weighted by atomic mass is 10.1. The molecule has 0 aliphatic rings. The molecule has 2 aromatic rings. The number of pyridine rings is 1.